The fraction of sp³-hybridized carbons (Fsp3) is 0.379. The van der Waals surface area contributed by atoms with Gasteiger partial charge in [-0.1, -0.05) is 107 Å². The van der Waals surface area contributed by atoms with Gasteiger partial charge >= 0.3 is 0 Å². The van der Waals surface area contributed by atoms with Crippen molar-refractivity contribution < 1.29 is 9.59 Å². The van der Waals surface area contributed by atoms with Gasteiger partial charge in [0.1, 0.15) is 12.6 Å². The van der Waals surface area contributed by atoms with Crippen molar-refractivity contribution in [2.24, 2.45) is 0 Å². The molecule has 0 fully saturated rings. The maximum absolute atomic E-state index is 12.3. The van der Waals surface area contributed by atoms with Gasteiger partial charge in [0.25, 0.3) is 0 Å². The average Bonchev–Trinajstić information content (AvgIpc) is 2.83. The van der Waals surface area contributed by atoms with Crippen LogP contribution < -0.4 is 0 Å². The monoisotopic (exact) mass is 416 g/mol. The minimum Gasteiger partial charge on any atom is -0.298 e. The smallest absolute Gasteiger partial charge is 0.146 e. The second kappa shape index (κ2) is 14.3. The molecule has 0 saturated heterocycles. The van der Waals surface area contributed by atoms with E-state index >= 15 is 0 Å². The summed E-state index contributed by atoms with van der Waals surface area (Å²) in [4.78, 5) is 24.6. The van der Waals surface area contributed by atoms with E-state index in [1.165, 1.54) is 6.42 Å². The zero-order chi connectivity index (χ0) is 22.3. The Kier molecular flexibility index (Phi) is 11.3. The molecule has 0 saturated carbocycles. The first kappa shape index (κ1) is 24.5. The highest BCUT2D eigenvalue weighted by Crippen LogP contribution is 2.38. The Morgan fingerprint density at radius 1 is 0.581 bits per heavy atom. The number of unbranched alkanes of at least 4 members (excludes halogenated alkanes) is 5. The van der Waals surface area contributed by atoms with Crippen LogP contribution in [0.2, 0.25) is 0 Å². The lowest BCUT2D eigenvalue weighted by Gasteiger charge is -2.20. The lowest BCUT2D eigenvalue weighted by molar-refractivity contribution is -0.105. The van der Waals surface area contributed by atoms with E-state index in [-0.39, 0.29) is 0 Å². The van der Waals surface area contributed by atoms with Gasteiger partial charge in [0, 0.05) is 11.1 Å². The summed E-state index contributed by atoms with van der Waals surface area (Å²) in [6, 6.07) is 20.1. The van der Waals surface area contributed by atoms with Gasteiger partial charge < -0.3 is 0 Å². The highest BCUT2D eigenvalue weighted by atomic mass is 16.1. The number of hydrogen-bond donors (Lipinski definition) is 0. The number of aldehydes is 2. The summed E-state index contributed by atoms with van der Waals surface area (Å²) in [5.74, 6) is 0. The first-order valence-corrected chi connectivity index (χ1v) is 11.7. The summed E-state index contributed by atoms with van der Waals surface area (Å²) in [6.45, 7) is 4.35. The zero-order valence-electron chi connectivity index (χ0n) is 19.1. The van der Waals surface area contributed by atoms with Crippen LogP contribution in [0.5, 0.6) is 0 Å². The van der Waals surface area contributed by atoms with Gasteiger partial charge in [-0.15, -0.1) is 0 Å². The predicted molar refractivity (Wildman–Crippen MR) is 132 cm³/mol. The molecule has 0 N–H and O–H groups in total. The van der Waals surface area contributed by atoms with Gasteiger partial charge in [0.15, 0.2) is 0 Å². The molecule has 0 spiro atoms. The Bertz CT molecular complexity index is 860. The fourth-order valence-corrected chi connectivity index (χ4v) is 3.98. The number of carbonyl (C=O) groups excluding carboxylic acids is 2. The summed E-state index contributed by atoms with van der Waals surface area (Å²) < 4.78 is 0. The molecule has 2 nitrogen and oxygen atoms in total. The topological polar surface area (TPSA) is 34.1 Å². The van der Waals surface area contributed by atoms with E-state index in [2.05, 4.69) is 13.8 Å². The fourth-order valence-electron chi connectivity index (χ4n) is 3.98. The third-order valence-corrected chi connectivity index (χ3v) is 5.65. The summed E-state index contributed by atoms with van der Waals surface area (Å²) >= 11 is 0. The van der Waals surface area contributed by atoms with Crippen LogP contribution in [0.1, 0.15) is 82.8 Å². The van der Waals surface area contributed by atoms with E-state index in [9.17, 15) is 9.59 Å². The quantitative estimate of drug-likeness (QED) is 0.136. The van der Waals surface area contributed by atoms with Crippen molar-refractivity contribution in [3.05, 3.63) is 82.9 Å². The van der Waals surface area contributed by atoms with Crippen LogP contribution in [0, 0.1) is 0 Å². The van der Waals surface area contributed by atoms with Gasteiger partial charge in [-0.3, -0.25) is 9.59 Å². The first-order chi connectivity index (χ1) is 15.3. The van der Waals surface area contributed by atoms with Crippen LogP contribution in [0.4, 0.5) is 0 Å². The molecule has 0 amide bonds. The van der Waals surface area contributed by atoms with Crippen molar-refractivity contribution in [2.45, 2.75) is 71.6 Å². The molecule has 0 bridgehead atoms. The Balaban J connectivity index is 2.69. The van der Waals surface area contributed by atoms with Gasteiger partial charge in [-0.2, -0.15) is 0 Å². The molecular formula is C29H36O2. The van der Waals surface area contributed by atoms with Crippen LogP contribution in [0.3, 0.4) is 0 Å². The lowest BCUT2D eigenvalue weighted by atomic mass is 9.83. The Morgan fingerprint density at radius 2 is 0.968 bits per heavy atom. The van der Waals surface area contributed by atoms with Crippen molar-refractivity contribution in [1.29, 1.82) is 0 Å². The lowest BCUT2D eigenvalue weighted by Crippen LogP contribution is -2.03. The second-order valence-corrected chi connectivity index (χ2v) is 8.04. The molecule has 0 atom stereocenters. The zero-order valence-corrected chi connectivity index (χ0v) is 19.1. The largest absolute Gasteiger partial charge is 0.298 e. The third-order valence-electron chi connectivity index (χ3n) is 5.65. The minimum absolute atomic E-state index is 0.722. The minimum atomic E-state index is 0.722. The number of allylic oxidation sites excluding steroid dienone is 4. The molecule has 2 aromatic rings. The SMILES string of the molecule is CCCCCCC(C=O)=C(C(=C(C=O)CCCCC)c1ccccc1)c1ccccc1. The molecule has 164 valence electrons. The van der Waals surface area contributed by atoms with Crippen molar-refractivity contribution in [2.75, 3.05) is 0 Å². The Labute approximate surface area is 188 Å². The first-order valence-electron chi connectivity index (χ1n) is 11.7. The van der Waals surface area contributed by atoms with Crippen molar-refractivity contribution in [3.63, 3.8) is 0 Å². The molecule has 0 aliphatic carbocycles. The van der Waals surface area contributed by atoms with E-state index in [0.717, 1.165) is 97.4 Å². The number of rotatable bonds is 14. The molecular weight excluding hydrogens is 380 g/mol. The van der Waals surface area contributed by atoms with Gasteiger partial charge in [0.2, 0.25) is 0 Å². The van der Waals surface area contributed by atoms with E-state index in [1.807, 2.05) is 60.7 Å². The normalized spacial score (nSPS) is 12.7. The van der Waals surface area contributed by atoms with Crippen LogP contribution in [-0.2, 0) is 9.59 Å². The summed E-state index contributed by atoms with van der Waals surface area (Å²) in [5.41, 5.74) is 5.39. The molecule has 0 radical (unpaired) electrons. The van der Waals surface area contributed by atoms with Crippen LogP contribution in [0.25, 0.3) is 11.1 Å². The standard InChI is InChI=1S/C29H36O2/c1-3-5-7-11-21-27(23-31)29(25-18-14-9-15-19-25)28(24-16-12-8-13-17-24)26(22-30)20-10-6-4-2/h8-9,12-19,22-23H,3-7,10-11,20-21H2,1-2H3. The third kappa shape index (κ3) is 7.47. The molecule has 0 aromatic heterocycles. The molecule has 0 aliphatic rings. The van der Waals surface area contributed by atoms with E-state index in [4.69, 9.17) is 0 Å². The molecule has 0 unspecified atom stereocenters. The summed E-state index contributed by atoms with van der Waals surface area (Å²) in [7, 11) is 0. The van der Waals surface area contributed by atoms with Gasteiger partial charge in [-0.05, 0) is 48.0 Å². The summed E-state index contributed by atoms with van der Waals surface area (Å²) in [5, 5.41) is 0. The maximum Gasteiger partial charge on any atom is 0.146 e. The van der Waals surface area contributed by atoms with E-state index < -0.39 is 0 Å². The predicted octanol–water partition coefficient (Wildman–Crippen LogP) is 7.84. The number of hydrogen-bond acceptors (Lipinski definition) is 2. The van der Waals surface area contributed by atoms with E-state index in [0.29, 0.717) is 0 Å². The number of benzene rings is 2. The molecule has 31 heavy (non-hydrogen) atoms. The highest BCUT2D eigenvalue weighted by molar-refractivity contribution is 6.15. The second-order valence-electron chi connectivity index (χ2n) is 8.04. The van der Waals surface area contributed by atoms with E-state index in [1.54, 1.807) is 0 Å². The van der Waals surface area contributed by atoms with Crippen molar-refractivity contribution in [1.82, 2.24) is 0 Å². The van der Waals surface area contributed by atoms with Crippen LogP contribution >= 0.6 is 0 Å². The van der Waals surface area contributed by atoms with Crippen molar-refractivity contribution >= 4 is 23.7 Å². The van der Waals surface area contributed by atoms with Crippen LogP contribution in [0.15, 0.2) is 71.8 Å². The molecule has 2 heteroatoms. The van der Waals surface area contributed by atoms with Gasteiger partial charge in [-0.25, -0.2) is 0 Å². The molecule has 0 aliphatic heterocycles. The maximum atomic E-state index is 12.3. The highest BCUT2D eigenvalue weighted by Gasteiger charge is 2.19. The Hall–Kier alpha value is -2.74. The molecule has 0 heterocycles. The molecule has 2 aromatic carbocycles. The average molecular weight is 417 g/mol. The van der Waals surface area contributed by atoms with Gasteiger partial charge in [0.05, 0.1) is 0 Å². The Morgan fingerprint density at radius 3 is 1.35 bits per heavy atom. The summed E-state index contributed by atoms with van der Waals surface area (Å²) in [6.07, 6.45) is 11.0. The number of carbonyl (C=O) groups is 2. The van der Waals surface area contributed by atoms with Crippen molar-refractivity contribution in [3.8, 4) is 0 Å². The molecule has 2 rings (SSSR count). The van der Waals surface area contributed by atoms with Crippen LogP contribution in [-0.4, -0.2) is 12.6 Å².